The van der Waals surface area contributed by atoms with Crippen molar-refractivity contribution >= 4 is 27.7 Å². The molecule has 18 heavy (non-hydrogen) atoms. The highest BCUT2D eigenvalue weighted by Gasteiger charge is 2.15. The van der Waals surface area contributed by atoms with E-state index in [1.54, 1.807) is 19.1 Å². The molecule has 0 spiro atoms. The lowest BCUT2D eigenvalue weighted by Gasteiger charge is -2.13. The number of amides is 2. The molecular weight excluding hydrogens is 296 g/mol. The summed E-state index contributed by atoms with van der Waals surface area (Å²) in [6.45, 7) is 4.06. The highest BCUT2D eigenvalue weighted by atomic mass is 79.9. The zero-order chi connectivity index (χ0) is 13.5. The second-order valence-corrected chi connectivity index (χ2v) is 4.48. The number of rotatable bonds is 5. The Hall–Kier alpha value is -1.36. The second-order valence-electron chi connectivity index (χ2n) is 3.92. The van der Waals surface area contributed by atoms with Gasteiger partial charge in [0.1, 0.15) is 6.04 Å². The first-order valence-corrected chi connectivity index (χ1v) is 6.94. The summed E-state index contributed by atoms with van der Waals surface area (Å²) in [6, 6.07) is 6.71. The van der Waals surface area contributed by atoms with Crippen LogP contribution in [0.1, 0.15) is 29.8 Å². The second kappa shape index (κ2) is 7.16. The van der Waals surface area contributed by atoms with E-state index in [2.05, 4.69) is 26.6 Å². The molecule has 0 fully saturated rings. The minimum atomic E-state index is -0.534. The summed E-state index contributed by atoms with van der Waals surface area (Å²) >= 11 is 3.34. The molecule has 0 heterocycles. The fourth-order valence-electron chi connectivity index (χ4n) is 1.42. The molecule has 0 aliphatic carbocycles. The van der Waals surface area contributed by atoms with Gasteiger partial charge in [0.2, 0.25) is 5.91 Å². The SMILES string of the molecule is CCNC(=O)C(C)NC(=O)c1ccc(CBr)cc1. The van der Waals surface area contributed by atoms with Crippen molar-refractivity contribution in [1.82, 2.24) is 10.6 Å². The average Bonchev–Trinajstić information content (AvgIpc) is 2.39. The monoisotopic (exact) mass is 312 g/mol. The van der Waals surface area contributed by atoms with E-state index in [1.807, 2.05) is 19.1 Å². The number of hydrogen-bond donors (Lipinski definition) is 2. The van der Waals surface area contributed by atoms with Gasteiger partial charge in [-0.1, -0.05) is 28.1 Å². The van der Waals surface area contributed by atoms with Crippen LogP contribution in [-0.2, 0) is 10.1 Å². The molecule has 1 unspecified atom stereocenters. The van der Waals surface area contributed by atoms with Crippen LogP contribution in [0.3, 0.4) is 0 Å². The Morgan fingerprint density at radius 2 is 1.89 bits per heavy atom. The molecule has 4 nitrogen and oxygen atoms in total. The first-order chi connectivity index (χ1) is 8.58. The maximum atomic E-state index is 11.9. The predicted molar refractivity (Wildman–Crippen MR) is 74.7 cm³/mol. The summed E-state index contributed by atoms with van der Waals surface area (Å²) in [5.41, 5.74) is 1.65. The van der Waals surface area contributed by atoms with E-state index in [0.717, 1.165) is 10.9 Å². The summed E-state index contributed by atoms with van der Waals surface area (Å²) in [7, 11) is 0. The van der Waals surface area contributed by atoms with Gasteiger partial charge < -0.3 is 10.6 Å². The van der Waals surface area contributed by atoms with Gasteiger partial charge in [0.25, 0.3) is 5.91 Å². The molecule has 0 radical (unpaired) electrons. The Labute approximate surface area is 115 Å². The van der Waals surface area contributed by atoms with Crippen molar-refractivity contribution in [2.75, 3.05) is 6.54 Å². The zero-order valence-corrected chi connectivity index (χ0v) is 12.1. The molecule has 0 aliphatic heterocycles. The third kappa shape index (κ3) is 4.14. The summed E-state index contributed by atoms with van der Waals surface area (Å²) in [6.07, 6.45) is 0. The van der Waals surface area contributed by atoms with E-state index in [4.69, 9.17) is 0 Å². The standard InChI is InChI=1S/C13H17BrN2O2/c1-3-15-12(17)9(2)16-13(18)11-6-4-10(8-14)5-7-11/h4-7,9H,3,8H2,1-2H3,(H,15,17)(H,16,18). The van der Waals surface area contributed by atoms with Gasteiger partial charge >= 0.3 is 0 Å². The van der Waals surface area contributed by atoms with Crippen molar-refractivity contribution in [3.63, 3.8) is 0 Å². The molecule has 2 N–H and O–H groups in total. The number of benzene rings is 1. The van der Waals surface area contributed by atoms with Crippen LogP contribution in [0, 0.1) is 0 Å². The fourth-order valence-corrected chi connectivity index (χ4v) is 1.79. The zero-order valence-electron chi connectivity index (χ0n) is 10.5. The molecule has 1 aromatic rings. The summed E-state index contributed by atoms with van der Waals surface area (Å²) < 4.78 is 0. The Bertz CT molecular complexity index is 418. The number of nitrogens with one attached hydrogen (secondary N) is 2. The first kappa shape index (κ1) is 14.7. The van der Waals surface area contributed by atoms with Crippen molar-refractivity contribution < 1.29 is 9.59 Å². The Morgan fingerprint density at radius 3 is 2.39 bits per heavy atom. The van der Waals surface area contributed by atoms with Crippen molar-refractivity contribution in [3.05, 3.63) is 35.4 Å². The number of alkyl halides is 1. The molecule has 1 atom stereocenters. The van der Waals surface area contributed by atoms with Crippen molar-refractivity contribution in [2.45, 2.75) is 25.2 Å². The molecule has 0 saturated heterocycles. The number of halogens is 1. The van der Waals surface area contributed by atoms with Crippen LogP contribution < -0.4 is 10.6 Å². The fraction of sp³-hybridized carbons (Fsp3) is 0.385. The molecule has 98 valence electrons. The normalized spacial score (nSPS) is 11.7. The maximum absolute atomic E-state index is 11.9. The lowest BCUT2D eigenvalue weighted by molar-refractivity contribution is -0.122. The van der Waals surface area contributed by atoms with Crippen molar-refractivity contribution in [3.8, 4) is 0 Å². The molecule has 0 bridgehead atoms. The van der Waals surface area contributed by atoms with E-state index < -0.39 is 6.04 Å². The number of hydrogen-bond acceptors (Lipinski definition) is 2. The summed E-state index contributed by atoms with van der Waals surface area (Å²) in [5.74, 6) is -0.419. The predicted octanol–water partition coefficient (Wildman–Crippen LogP) is 1.84. The van der Waals surface area contributed by atoms with E-state index in [0.29, 0.717) is 12.1 Å². The molecule has 0 aliphatic rings. The topological polar surface area (TPSA) is 58.2 Å². The van der Waals surface area contributed by atoms with Crippen LogP contribution >= 0.6 is 15.9 Å². The van der Waals surface area contributed by atoms with Gasteiger partial charge in [-0.3, -0.25) is 9.59 Å². The van der Waals surface area contributed by atoms with Crippen molar-refractivity contribution in [1.29, 1.82) is 0 Å². The lowest BCUT2D eigenvalue weighted by atomic mass is 10.1. The average molecular weight is 313 g/mol. The molecule has 2 amide bonds. The van der Waals surface area contributed by atoms with Crippen molar-refractivity contribution in [2.24, 2.45) is 0 Å². The third-order valence-electron chi connectivity index (χ3n) is 2.46. The number of likely N-dealkylation sites (N-methyl/N-ethyl adjacent to an activating group) is 1. The van der Waals surface area contributed by atoms with Crippen LogP contribution in [-0.4, -0.2) is 24.4 Å². The molecule has 5 heteroatoms. The highest BCUT2D eigenvalue weighted by molar-refractivity contribution is 9.08. The summed E-state index contributed by atoms with van der Waals surface area (Å²) in [5, 5.41) is 6.07. The Kier molecular flexibility index (Phi) is 5.85. The van der Waals surface area contributed by atoms with E-state index in [1.165, 1.54) is 0 Å². The first-order valence-electron chi connectivity index (χ1n) is 5.82. The third-order valence-corrected chi connectivity index (χ3v) is 3.11. The van der Waals surface area contributed by atoms with Gasteiger partial charge in [0, 0.05) is 17.4 Å². The van der Waals surface area contributed by atoms with Crippen LogP contribution in [0.5, 0.6) is 0 Å². The minimum Gasteiger partial charge on any atom is -0.355 e. The lowest BCUT2D eigenvalue weighted by Crippen LogP contribution is -2.44. The Morgan fingerprint density at radius 1 is 1.28 bits per heavy atom. The molecular formula is C13H17BrN2O2. The smallest absolute Gasteiger partial charge is 0.251 e. The summed E-state index contributed by atoms with van der Waals surface area (Å²) in [4.78, 5) is 23.3. The minimum absolute atomic E-state index is 0.178. The molecule has 0 saturated carbocycles. The van der Waals surface area contributed by atoms with E-state index in [9.17, 15) is 9.59 Å². The molecule has 1 aromatic carbocycles. The van der Waals surface area contributed by atoms with Gasteiger partial charge in [0.05, 0.1) is 0 Å². The van der Waals surface area contributed by atoms with Crippen LogP contribution in [0.25, 0.3) is 0 Å². The number of carbonyl (C=O) groups is 2. The molecule has 1 rings (SSSR count). The van der Waals surface area contributed by atoms with Crippen LogP contribution in [0.2, 0.25) is 0 Å². The van der Waals surface area contributed by atoms with Gasteiger partial charge in [-0.05, 0) is 31.5 Å². The quantitative estimate of drug-likeness (QED) is 0.815. The highest BCUT2D eigenvalue weighted by Crippen LogP contribution is 2.08. The maximum Gasteiger partial charge on any atom is 0.251 e. The van der Waals surface area contributed by atoms with Gasteiger partial charge in [-0.25, -0.2) is 0 Å². The van der Waals surface area contributed by atoms with E-state index >= 15 is 0 Å². The largest absolute Gasteiger partial charge is 0.355 e. The van der Waals surface area contributed by atoms with Crippen LogP contribution in [0.15, 0.2) is 24.3 Å². The Balaban J connectivity index is 2.61. The van der Waals surface area contributed by atoms with Gasteiger partial charge in [-0.15, -0.1) is 0 Å². The van der Waals surface area contributed by atoms with Crippen LogP contribution in [0.4, 0.5) is 0 Å². The van der Waals surface area contributed by atoms with E-state index in [-0.39, 0.29) is 11.8 Å². The van der Waals surface area contributed by atoms with Gasteiger partial charge in [-0.2, -0.15) is 0 Å². The molecule has 0 aromatic heterocycles. The number of carbonyl (C=O) groups excluding carboxylic acids is 2. The van der Waals surface area contributed by atoms with Gasteiger partial charge in [0.15, 0.2) is 0 Å².